The number of phenolic OH excluding ortho intramolecular Hbond substituents is 1. The number of hydrazone groups is 1. The number of nitrogens with one attached hydrogen (secondary N) is 1. The van der Waals surface area contributed by atoms with Crippen molar-refractivity contribution >= 4 is 12.2 Å². The Morgan fingerprint density at radius 3 is 2.53 bits per heavy atom. The molecule has 0 aliphatic carbocycles. The average Bonchev–Trinajstić information content (AvgIpc) is 2.39. The number of phenols is 1. The van der Waals surface area contributed by atoms with Gasteiger partial charge in [-0.15, -0.1) is 0 Å². The second-order valence-corrected chi connectivity index (χ2v) is 3.91. The predicted octanol–water partition coefficient (Wildman–Crippen LogP) is 2.06. The SMILES string of the molecule is NC(=O)NN=Cc1ccc(-c2cccc(O)c2)cc1. The standard InChI is InChI=1S/C14H13N3O2/c15-14(19)17-16-9-10-4-6-11(7-5-10)12-2-1-3-13(18)8-12/h1-9,18H,(H3,15,17,19). The minimum atomic E-state index is -0.701. The van der Waals surface area contributed by atoms with Crippen LogP contribution in [0.5, 0.6) is 5.75 Å². The maximum atomic E-state index is 10.4. The van der Waals surface area contributed by atoms with E-state index in [4.69, 9.17) is 5.73 Å². The van der Waals surface area contributed by atoms with Gasteiger partial charge in [0.2, 0.25) is 0 Å². The summed E-state index contributed by atoms with van der Waals surface area (Å²) in [7, 11) is 0. The summed E-state index contributed by atoms with van der Waals surface area (Å²) in [5.74, 6) is 0.230. The number of nitrogens with zero attached hydrogens (tertiary/aromatic N) is 1. The number of carbonyl (C=O) groups is 1. The molecule has 0 aliphatic heterocycles. The molecule has 5 nitrogen and oxygen atoms in total. The molecule has 0 bridgehead atoms. The summed E-state index contributed by atoms with van der Waals surface area (Å²) in [6, 6.07) is 13.8. The first-order valence-corrected chi connectivity index (χ1v) is 5.63. The van der Waals surface area contributed by atoms with Crippen LogP contribution in [0.1, 0.15) is 5.56 Å². The highest BCUT2D eigenvalue weighted by molar-refractivity contribution is 5.82. The Labute approximate surface area is 110 Å². The number of hydrogen-bond acceptors (Lipinski definition) is 3. The molecule has 0 saturated carbocycles. The highest BCUT2D eigenvalue weighted by Crippen LogP contribution is 2.23. The lowest BCUT2D eigenvalue weighted by atomic mass is 10.0. The summed E-state index contributed by atoms with van der Waals surface area (Å²) in [6.45, 7) is 0. The average molecular weight is 255 g/mol. The molecule has 0 atom stereocenters. The van der Waals surface area contributed by atoms with E-state index >= 15 is 0 Å². The molecule has 5 heteroatoms. The Morgan fingerprint density at radius 2 is 1.89 bits per heavy atom. The van der Waals surface area contributed by atoms with Crippen molar-refractivity contribution in [3.8, 4) is 16.9 Å². The zero-order valence-electron chi connectivity index (χ0n) is 10.1. The van der Waals surface area contributed by atoms with Crippen molar-refractivity contribution < 1.29 is 9.90 Å². The van der Waals surface area contributed by atoms with Crippen LogP contribution >= 0.6 is 0 Å². The lowest BCUT2D eigenvalue weighted by molar-refractivity contribution is 0.249. The summed E-state index contributed by atoms with van der Waals surface area (Å²) < 4.78 is 0. The number of carbonyl (C=O) groups excluding carboxylic acids is 1. The Hall–Kier alpha value is -2.82. The maximum Gasteiger partial charge on any atom is 0.332 e. The molecule has 0 unspecified atom stereocenters. The van der Waals surface area contributed by atoms with Gasteiger partial charge < -0.3 is 10.8 Å². The van der Waals surface area contributed by atoms with Gasteiger partial charge in [0.1, 0.15) is 5.75 Å². The van der Waals surface area contributed by atoms with Crippen LogP contribution in [0.15, 0.2) is 53.6 Å². The summed E-state index contributed by atoms with van der Waals surface area (Å²) >= 11 is 0. The Bertz CT molecular complexity index is 606. The Morgan fingerprint density at radius 1 is 1.16 bits per heavy atom. The van der Waals surface area contributed by atoms with Crippen LogP contribution in [0, 0.1) is 0 Å². The van der Waals surface area contributed by atoms with E-state index in [-0.39, 0.29) is 5.75 Å². The third-order valence-corrected chi connectivity index (χ3v) is 2.48. The molecule has 0 saturated heterocycles. The smallest absolute Gasteiger partial charge is 0.332 e. The fourth-order valence-corrected chi connectivity index (χ4v) is 1.62. The van der Waals surface area contributed by atoms with E-state index in [2.05, 4.69) is 10.5 Å². The van der Waals surface area contributed by atoms with E-state index in [9.17, 15) is 9.90 Å². The zero-order chi connectivity index (χ0) is 13.7. The number of rotatable bonds is 3. The third-order valence-electron chi connectivity index (χ3n) is 2.48. The van der Waals surface area contributed by atoms with Crippen LogP contribution in [0.3, 0.4) is 0 Å². The number of hydrogen-bond donors (Lipinski definition) is 3. The van der Waals surface area contributed by atoms with Crippen molar-refractivity contribution in [3.63, 3.8) is 0 Å². The molecule has 2 amide bonds. The molecule has 96 valence electrons. The molecule has 2 aromatic rings. The molecule has 0 fully saturated rings. The molecule has 0 aromatic heterocycles. The second-order valence-electron chi connectivity index (χ2n) is 3.91. The monoisotopic (exact) mass is 255 g/mol. The molecule has 19 heavy (non-hydrogen) atoms. The van der Waals surface area contributed by atoms with Crippen LogP contribution in [0.2, 0.25) is 0 Å². The molecule has 0 radical (unpaired) electrons. The maximum absolute atomic E-state index is 10.4. The van der Waals surface area contributed by atoms with Gasteiger partial charge in [0.05, 0.1) is 6.21 Å². The van der Waals surface area contributed by atoms with Gasteiger partial charge in [-0.2, -0.15) is 5.10 Å². The molecule has 0 heterocycles. The number of nitrogens with two attached hydrogens (primary N) is 1. The van der Waals surface area contributed by atoms with Crippen molar-refractivity contribution in [3.05, 3.63) is 54.1 Å². The Balaban J connectivity index is 2.14. The first kappa shape index (κ1) is 12.6. The number of aromatic hydroxyl groups is 1. The molecule has 4 N–H and O–H groups in total. The van der Waals surface area contributed by atoms with Gasteiger partial charge in [0.25, 0.3) is 0 Å². The first-order chi connectivity index (χ1) is 9.15. The van der Waals surface area contributed by atoms with Gasteiger partial charge >= 0.3 is 6.03 Å². The van der Waals surface area contributed by atoms with E-state index in [0.29, 0.717) is 0 Å². The lowest BCUT2D eigenvalue weighted by Gasteiger charge is -2.02. The van der Waals surface area contributed by atoms with Gasteiger partial charge in [0, 0.05) is 0 Å². The minimum Gasteiger partial charge on any atom is -0.508 e. The summed E-state index contributed by atoms with van der Waals surface area (Å²) in [6.07, 6.45) is 1.50. The van der Waals surface area contributed by atoms with Gasteiger partial charge in [-0.05, 0) is 28.8 Å². The predicted molar refractivity (Wildman–Crippen MR) is 73.9 cm³/mol. The van der Waals surface area contributed by atoms with Crippen molar-refractivity contribution in [1.82, 2.24) is 5.43 Å². The molecule has 2 rings (SSSR count). The van der Waals surface area contributed by atoms with Crippen LogP contribution in [0.25, 0.3) is 11.1 Å². The quantitative estimate of drug-likeness (QED) is 0.579. The van der Waals surface area contributed by atoms with Crippen molar-refractivity contribution in [2.75, 3.05) is 0 Å². The van der Waals surface area contributed by atoms with Crippen molar-refractivity contribution in [1.29, 1.82) is 0 Å². The fraction of sp³-hybridized carbons (Fsp3) is 0. The summed E-state index contributed by atoms with van der Waals surface area (Å²) in [4.78, 5) is 10.4. The van der Waals surface area contributed by atoms with E-state index in [1.165, 1.54) is 6.21 Å². The van der Waals surface area contributed by atoms with Crippen LogP contribution in [0.4, 0.5) is 4.79 Å². The molecular weight excluding hydrogens is 242 g/mol. The lowest BCUT2D eigenvalue weighted by Crippen LogP contribution is -2.24. The van der Waals surface area contributed by atoms with Crippen LogP contribution < -0.4 is 11.2 Å². The summed E-state index contributed by atoms with van der Waals surface area (Å²) in [5, 5.41) is 13.1. The molecular formula is C14H13N3O2. The topological polar surface area (TPSA) is 87.7 Å². The van der Waals surface area contributed by atoms with Gasteiger partial charge in [-0.25, -0.2) is 10.2 Å². The third kappa shape index (κ3) is 3.57. The van der Waals surface area contributed by atoms with E-state index < -0.39 is 6.03 Å². The van der Waals surface area contributed by atoms with Crippen LogP contribution in [-0.2, 0) is 0 Å². The number of primary amides is 1. The number of urea groups is 1. The highest BCUT2D eigenvalue weighted by Gasteiger charge is 1.98. The Kier molecular flexibility index (Phi) is 3.78. The second kappa shape index (κ2) is 5.68. The normalized spacial score (nSPS) is 10.5. The highest BCUT2D eigenvalue weighted by atomic mass is 16.3. The molecule has 2 aromatic carbocycles. The number of benzene rings is 2. The zero-order valence-corrected chi connectivity index (χ0v) is 10.1. The van der Waals surface area contributed by atoms with E-state index in [1.807, 2.05) is 30.3 Å². The van der Waals surface area contributed by atoms with Gasteiger partial charge in [-0.1, -0.05) is 36.4 Å². The first-order valence-electron chi connectivity index (χ1n) is 5.63. The van der Waals surface area contributed by atoms with Gasteiger partial charge in [0.15, 0.2) is 0 Å². The van der Waals surface area contributed by atoms with E-state index in [0.717, 1.165) is 16.7 Å². The fourth-order valence-electron chi connectivity index (χ4n) is 1.62. The van der Waals surface area contributed by atoms with Crippen LogP contribution in [-0.4, -0.2) is 17.4 Å². The summed E-state index contributed by atoms with van der Waals surface area (Å²) in [5.41, 5.74) is 9.75. The largest absolute Gasteiger partial charge is 0.508 e. The molecule has 0 aliphatic rings. The minimum absolute atomic E-state index is 0.230. The van der Waals surface area contributed by atoms with E-state index in [1.54, 1.807) is 18.2 Å². The number of amides is 2. The molecule has 0 spiro atoms. The van der Waals surface area contributed by atoms with Gasteiger partial charge in [-0.3, -0.25) is 0 Å². The van der Waals surface area contributed by atoms with Crippen molar-refractivity contribution in [2.24, 2.45) is 10.8 Å². The van der Waals surface area contributed by atoms with Crippen molar-refractivity contribution in [2.45, 2.75) is 0 Å².